The lowest BCUT2D eigenvalue weighted by Gasteiger charge is -2.43. The van der Waals surface area contributed by atoms with E-state index >= 15 is 0 Å². The number of rotatable bonds is 8. The number of hydrogen-bond donors (Lipinski definition) is 2. The molecule has 0 spiro atoms. The van der Waals surface area contributed by atoms with Crippen LogP contribution in [0.25, 0.3) is 0 Å². The Kier molecular flexibility index (Phi) is 9.24. The van der Waals surface area contributed by atoms with E-state index in [1.165, 1.54) is 0 Å². The second-order valence-electron chi connectivity index (χ2n) is 6.02. The summed E-state index contributed by atoms with van der Waals surface area (Å²) < 4.78 is 17.5. The maximum Gasteiger partial charge on any atom is 0.166 e. The molecular weight excluding hydrogens is 300 g/mol. The first-order valence-corrected chi connectivity index (χ1v) is 8.72. The van der Waals surface area contributed by atoms with Gasteiger partial charge in [-0.05, 0) is 30.5 Å². The van der Waals surface area contributed by atoms with Crippen molar-refractivity contribution in [3.05, 3.63) is 0 Å². The van der Waals surface area contributed by atoms with Crippen molar-refractivity contribution in [3.63, 3.8) is 0 Å². The summed E-state index contributed by atoms with van der Waals surface area (Å²) >= 11 is 4.98. The molecule has 0 aromatic rings. The van der Waals surface area contributed by atoms with Gasteiger partial charge in [-0.3, -0.25) is 0 Å². The number of thiocarbonyl (C=S) groups is 1. The summed E-state index contributed by atoms with van der Waals surface area (Å²) in [7, 11) is 1.79. The minimum atomic E-state index is -0.116. The zero-order valence-corrected chi connectivity index (χ0v) is 15.4. The first-order chi connectivity index (χ1) is 10.5. The fourth-order valence-corrected chi connectivity index (χ4v) is 2.90. The molecule has 1 aliphatic heterocycles. The van der Waals surface area contributed by atoms with Crippen LogP contribution in [0.1, 0.15) is 34.1 Å². The Morgan fingerprint density at radius 2 is 1.82 bits per heavy atom. The molecular formula is C16H32N2O3S. The molecule has 130 valence electrons. The number of nitrogens with one attached hydrogen (secondary N) is 2. The maximum absolute atomic E-state index is 6.09. The molecule has 5 unspecified atom stereocenters. The molecule has 1 fully saturated rings. The highest BCUT2D eigenvalue weighted by Gasteiger charge is 2.38. The summed E-state index contributed by atoms with van der Waals surface area (Å²) in [6.07, 6.45) is 1.21. The van der Waals surface area contributed by atoms with E-state index in [0.717, 1.165) is 6.42 Å². The first-order valence-electron chi connectivity index (χ1n) is 8.31. The molecule has 0 saturated carbocycles. The van der Waals surface area contributed by atoms with Crippen molar-refractivity contribution in [3.8, 4) is 0 Å². The van der Waals surface area contributed by atoms with Crippen LogP contribution >= 0.6 is 12.2 Å². The SMILES string of the molecule is CCC1OC(OCCOCCNC(=S)NC)C(C)C(C)C1C. The summed E-state index contributed by atoms with van der Waals surface area (Å²) in [5.41, 5.74) is 0. The molecule has 1 saturated heterocycles. The third kappa shape index (κ3) is 5.99. The van der Waals surface area contributed by atoms with Crippen molar-refractivity contribution in [2.24, 2.45) is 17.8 Å². The summed E-state index contributed by atoms with van der Waals surface area (Å²) in [5, 5.41) is 6.53. The Morgan fingerprint density at radius 1 is 1.09 bits per heavy atom. The highest BCUT2D eigenvalue weighted by Crippen LogP contribution is 2.36. The Morgan fingerprint density at radius 3 is 2.45 bits per heavy atom. The van der Waals surface area contributed by atoms with Crippen LogP contribution in [-0.2, 0) is 14.2 Å². The molecule has 1 heterocycles. The van der Waals surface area contributed by atoms with Gasteiger partial charge in [-0.15, -0.1) is 0 Å². The van der Waals surface area contributed by atoms with Crippen molar-refractivity contribution >= 4 is 17.3 Å². The smallest absolute Gasteiger partial charge is 0.166 e. The van der Waals surface area contributed by atoms with Gasteiger partial charge in [0.25, 0.3) is 0 Å². The third-order valence-corrected chi connectivity index (χ3v) is 5.00. The molecule has 0 amide bonds. The predicted octanol–water partition coefficient (Wildman–Crippen LogP) is 2.16. The van der Waals surface area contributed by atoms with E-state index in [0.29, 0.717) is 55.3 Å². The van der Waals surface area contributed by atoms with Gasteiger partial charge in [0.05, 0.1) is 25.9 Å². The molecule has 1 rings (SSSR count). The lowest BCUT2D eigenvalue weighted by atomic mass is 9.78. The Labute approximate surface area is 140 Å². The molecule has 0 aromatic carbocycles. The molecule has 6 heteroatoms. The Hall–Kier alpha value is -0.430. The van der Waals surface area contributed by atoms with Crippen LogP contribution in [-0.4, -0.2) is 50.9 Å². The second kappa shape index (κ2) is 10.4. The van der Waals surface area contributed by atoms with Crippen molar-refractivity contribution in [2.75, 3.05) is 33.4 Å². The molecule has 0 bridgehead atoms. The summed E-state index contributed by atoms with van der Waals surface area (Å²) in [6.45, 7) is 11.4. The summed E-state index contributed by atoms with van der Waals surface area (Å²) in [4.78, 5) is 0. The van der Waals surface area contributed by atoms with Crippen LogP contribution in [0.2, 0.25) is 0 Å². The topological polar surface area (TPSA) is 51.8 Å². The van der Waals surface area contributed by atoms with E-state index in [-0.39, 0.29) is 6.29 Å². The average molecular weight is 333 g/mol. The van der Waals surface area contributed by atoms with Crippen LogP contribution in [0.3, 0.4) is 0 Å². The van der Waals surface area contributed by atoms with E-state index < -0.39 is 0 Å². The number of hydrogen-bond acceptors (Lipinski definition) is 4. The minimum Gasteiger partial charge on any atom is -0.377 e. The fourth-order valence-electron chi connectivity index (χ4n) is 2.79. The molecule has 0 radical (unpaired) electrons. The zero-order valence-electron chi connectivity index (χ0n) is 14.6. The fraction of sp³-hybridized carbons (Fsp3) is 0.938. The van der Waals surface area contributed by atoms with Crippen molar-refractivity contribution < 1.29 is 14.2 Å². The van der Waals surface area contributed by atoms with Crippen LogP contribution < -0.4 is 10.6 Å². The molecule has 2 N–H and O–H groups in total. The Balaban J connectivity index is 2.17. The van der Waals surface area contributed by atoms with Gasteiger partial charge in [-0.25, -0.2) is 0 Å². The molecule has 22 heavy (non-hydrogen) atoms. The maximum atomic E-state index is 6.09. The molecule has 0 aromatic heterocycles. The van der Waals surface area contributed by atoms with E-state index in [1.807, 2.05) is 0 Å². The van der Waals surface area contributed by atoms with Gasteiger partial charge in [-0.2, -0.15) is 0 Å². The van der Waals surface area contributed by atoms with Crippen molar-refractivity contribution in [1.82, 2.24) is 10.6 Å². The van der Waals surface area contributed by atoms with Crippen LogP contribution in [0.5, 0.6) is 0 Å². The number of ether oxygens (including phenoxy) is 3. The van der Waals surface area contributed by atoms with Crippen LogP contribution in [0.4, 0.5) is 0 Å². The van der Waals surface area contributed by atoms with Crippen molar-refractivity contribution in [1.29, 1.82) is 0 Å². The average Bonchev–Trinajstić information content (AvgIpc) is 2.53. The van der Waals surface area contributed by atoms with E-state index in [1.54, 1.807) is 7.05 Å². The standard InChI is InChI=1S/C16H32N2O3S/c1-6-14-12(3)11(2)13(4)15(21-14)20-10-9-19-8-7-18-16(22)17-5/h11-15H,6-10H2,1-5H3,(H2,17,18,22). The Bertz CT molecular complexity index is 329. The van der Waals surface area contributed by atoms with E-state index in [9.17, 15) is 0 Å². The molecule has 5 nitrogen and oxygen atoms in total. The third-order valence-electron chi connectivity index (χ3n) is 4.65. The van der Waals surface area contributed by atoms with Gasteiger partial charge in [0.2, 0.25) is 0 Å². The van der Waals surface area contributed by atoms with Crippen LogP contribution in [0, 0.1) is 17.8 Å². The highest BCUT2D eigenvalue weighted by atomic mass is 32.1. The zero-order chi connectivity index (χ0) is 16.5. The lowest BCUT2D eigenvalue weighted by Crippen LogP contribution is -2.45. The van der Waals surface area contributed by atoms with Gasteiger partial charge < -0.3 is 24.8 Å². The second-order valence-corrected chi connectivity index (χ2v) is 6.43. The molecule has 5 atom stereocenters. The van der Waals surface area contributed by atoms with Gasteiger partial charge in [0, 0.05) is 19.5 Å². The predicted molar refractivity (Wildman–Crippen MR) is 92.9 cm³/mol. The quantitative estimate of drug-likeness (QED) is 0.525. The van der Waals surface area contributed by atoms with Gasteiger partial charge in [0.15, 0.2) is 11.4 Å². The molecule has 1 aliphatic rings. The van der Waals surface area contributed by atoms with Gasteiger partial charge in [-0.1, -0.05) is 27.7 Å². The normalized spacial score (nSPS) is 31.8. The first kappa shape index (κ1) is 19.6. The van der Waals surface area contributed by atoms with E-state index in [4.69, 9.17) is 26.4 Å². The summed E-state index contributed by atoms with van der Waals surface area (Å²) in [5.74, 6) is 1.60. The highest BCUT2D eigenvalue weighted by molar-refractivity contribution is 7.80. The monoisotopic (exact) mass is 332 g/mol. The van der Waals surface area contributed by atoms with Crippen LogP contribution in [0.15, 0.2) is 0 Å². The van der Waals surface area contributed by atoms with E-state index in [2.05, 4.69) is 38.3 Å². The van der Waals surface area contributed by atoms with Gasteiger partial charge in [0.1, 0.15) is 0 Å². The van der Waals surface area contributed by atoms with Crippen molar-refractivity contribution in [2.45, 2.75) is 46.5 Å². The minimum absolute atomic E-state index is 0.116. The van der Waals surface area contributed by atoms with Gasteiger partial charge >= 0.3 is 0 Å². The summed E-state index contributed by atoms with van der Waals surface area (Å²) in [6, 6.07) is 0. The lowest BCUT2D eigenvalue weighted by molar-refractivity contribution is -0.251. The molecule has 0 aliphatic carbocycles. The largest absolute Gasteiger partial charge is 0.377 e.